The fourth-order valence-corrected chi connectivity index (χ4v) is 2.56. The van der Waals surface area contributed by atoms with E-state index in [1.165, 1.54) is 4.48 Å². The average Bonchev–Trinajstić information content (AvgIpc) is 2.29. The van der Waals surface area contributed by atoms with Crippen molar-refractivity contribution in [1.82, 2.24) is 9.97 Å². The number of nitrogens with one attached hydrogen (secondary N) is 1. The summed E-state index contributed by atoms with van der Waals surface area (Å²) >= 11 is 3.60. The molecule has 0 amide bonds. The van der Waals surface area contributed by atoms with E-state index < -0.39 is 0 Å². The lowest BCUT2D eigenvalue weighted by atomic mass is 10.1. The number of hydrogen-bond donors (Lipinski definition) is 1. The Balaban J connectivity index is 2.53. The quantitative estimate of drug-likeness (QED) is 0.931. The second-order valence-corrected chi connectivity index (χ2v) is 5.73. The zero-order chi connectivity index (χ0) is 13.3. The summed E-state index contributed by atoms with van der Waals surface area (Å²) in [6.45, 7) is 10.1. The first kappa shape index (κ1) is 13.3. The number of fused-ring (bicyclic) bond motifs is 1. The molecule has 0 aromatic carbocycles. The monoisotopic (exact) mass is 310 g/mol. The molecule has 0 saturated carbocycles. The van der Waals surface area contributed by atoms with Gasteiger partial charge in [0.2, 0.25) is 5.95 Å². The minimum Gasteiger partial charge on any atom is -0.354 e. The molecule has 0 atom stereocenters. The lowest BCUT2D eigenvalue weighted by Gasteiger charge is -2.32. The molecule has 0 radical (unpaired) electrons. The molecule has 2 heterocycles. The number of nitrogens with zero attached hydrogens (tertiary/aromatic N) is 3. The normalized spacial score (nSPS) is 14.6. The fraction of sp³-hybridized carbons (Fsp3) is 0.538. The zero-order valence-corrected chi connectivity index (χ0v) is 12.9. The van der Waals surface area contributed by atoms with Gasteiger partial charge in [0.15, 0.2) is 0 Å². The third-order valence-corrected chi connectivity index (χ3v) is 3.45. The highest BCUT2D eigenvalue weighted by molar-refractivity contribution is 9.11. The van der Waals surface area contributed by atoms with Crippen LogP contribution in [0.25, 0.3) is 6.08 Å². The molecule has 4 nitrogen and oxygen atoms in total. The number of aromatic nitrogens is 2. The van der Waals surface area contributed by atoms with Crippen LogP contribution in [-0.2, 0) is 0 Å². The van der Waals surface area contributed by atoms with Gasteiger partial charge < -0.3 is 10.2 Å². The van der Waals surface area contributed by atoms with Crippen LogP contribution in [0.3, 0.4) is 0 Å². The van der Waals surface area contributed by atoms with Gasteiger partial charge in [0.1, 0.15) is 5.82 Å². The number of hydrogen-bond acceptors (Lipinski definition) is 4. The van der Waals surface area contributed by atoms with Crippen molar-refractivity contribution in [2.75, 3.05) is 23.3 Å². The van der Waals surface area contributed by atoms with E-state index in [4.69, 9.17) is 0 Å². The van der Waals surface area contributed by atoms with Crippen LogP contribution in [0.2, 0.25) is 0 Å². The second-order valence-electron chi connectivity index (χ2n) is 4.71. The molecule has 1 aromatic heterocycles. The third kappa shape index (κ3) is 2.51. The molecular weight excluding hydrogens is 292 g/mol. The Morgan fingerprint density at radius 2 is 2.17 bits per heavy atom. The van der Waals surface area contributed by atoms with E-state index in [1.807, 2.05) is 6.92 Å². The molecule has 2 rings (SSSR count). The van der Waals surface area contributed by atoms with Crippen molar-refractivity contribution in [2.24, 2.45) is 0 Å². The molecule has 0 unspecified atom stereocenters. The molecule has 1 aliphatic heterocycles. The van der Waals surface area contributed by atoms with Crippen molar-refractivity contribution in [3.8, 4) is 0 Å². The van der Waals surface area contributed by atoms with E-state index in [9.17, 15) is 0 Å². The first-order chi connectivity index (χ1) is 8.52. The molecule has 0 saturated heterocycles. The van der Waals surface area contributed by atoms with E-state index >= 15 is 0 Å². The second kappa shape index (κ2) is 5.26. The highest BCUT2D eigenvalue weighted by Crippen LogP contribution is 2.32. The first-order valence-corrected chi connectivity index (χ1v) is 7.07. The highest BCUT2D eigenvalue weighted by Gasteiger charge is 2.23. The standard InChI is InChI=1S/C13H19BrN4/c1-5-15-13-16-9(4)11-6-10(14)7-18(8(2)3)12(11)17-13/h6,8H,5,7H2,1-4H3,(H,15,16,17). The van der Waals surface area contributed by atoms with Crippen LogP contribution in [0.5, 0.6) is 0 Å². The average molecular weight is 311 g/mol. The van der Waals surface area contributed by atoms with E-state index in [1.54, 1.807) is 0 Å². The van der Waals surface area contributed by atoms with E-state index in [0.29, 0.717) is 12.0 Å². The Morgan fingerprint density at radius 3 is 2.78 bits per heavy atom. The van der Waals surface area contributed by atoms with Crippen molar-refractivity contribution < 1.29 is 0 Å². The fourth-order valence-electron chi connectivity index (χ4n) is 2.06. The van der Waals surface area contributed by atoms with E-state index in [2.05, 4.69) is 63.0 Å². The SMILES string of the molecule is CCNc1nc(C)c2c(n1)N(C(C)C)CC(Br)=C2. The first-order valence-electron chi connectivity index (χ1n) is 6.28. The lowest BCUT2D eigenvalue weighted by Crippen LogP contribution is -2.35. The molecule has 1 aliphatic rings. The summed E-state index contributed by atoms with van der Waals surface area (Å²) < 4.78 is 1.17. The Bertz CT molecular complexity index is 482. The van der Waals surface area contributed by atoms with Gasteiger partial charge in [-0.05, 0) is 33.8 Å². The Morgan fingerprint density at radius 1 is 1.44 bits per heavy atom. The van der Waals surface area contributed by atoms with E-state index in [-0.39, 0.29) is 0 Å². The van der Waals surface area contributed by atoms with Gasteiger partial charge in [-0.2, -0.15) is 4.98 Å². The maximum absolute atomic E-state index is 4.64. The summed E-state index contributed by atoms with van der Waals surface area (Å²) in [5.74, 6) is 1.74. The maximum Gasteiger partial charge on any atom is 0.224 e. The van der Waals surface area contributed by atoms with Crippen molar-refractivity contribution >= 4 is 33.8 Å². The number of anilines is 2. The van der Waals surface area contributed by atoms with Crippen LogP contribution in [0.15, 0.2) is 4.48 Å². The largest absolute Gasteiger partial charge is 0.354 e. The number of halogens is 1. The molecule has 5 heteroatoms. The molecule has 98 valence electrons. The van der Waals surface area contributed by atoms with Crippen LogP contribution >= 0.6 is 15.9 Å². The van der Waals surface area contributed by atoms with Crippen molar-refractivity contribution in [2.45, 2.75) is 33.7 Å². The van der Waals surface area contributed by atoms with Gasteiger partial charge in [-0.1, -0.05) is 15.9 Å². The van der Waals surface area contributed by atoms with Crippen LogP contribution in [0.4, 0.5) is 11.8 Å². The Hall–Kier alpha value is -1.10. The van der Waals surface area contributed by atoms with Gasteiger partial charge in [-0.15, -0.1) is 0 Å². The van der Waals surface area contributed by atoms with Crippen molar-refractivity contribution in [3.63, 3.8) is 0 Å². The predicted molar refractivity (Wildman–Crippen MR) is 80.3 cm³/mol. The minimum absolute atomic E-state index is 0.411. The maximum atomic E-state index is 4.64. The lowest BCUT2D eigenvalue weighted by molar-refractivity contribution is 0.704. The topological polar surface area (TPSA) is 41.1 Å². The van der Waals surface area contributed by atoms with Gasteiger partial charge in [-0.25, -0.2) is 4.98 Å². The zero-order valence-electron chi connectivity index (χ0n) is 11.3. The van der Waals surface area contributed by atoms with Crippen LogP contribution in [-0.4, -0.2) is 29.1 Å². The van der Waals surface area contributed by atoms with Crippen molar-refractivity contribution in [1.29, 1.82) is 0 Å². The number of rotatable bonds is 3. The summed E-state index contributed by atoms with van der Waals surface area (Å²) in [5.41, 5.74) is 2.13. The number of aryl methyl sites for hydroxylation is 1. The molecule has 0 fully saturated rings. The Labute approximate surface area is 117 Å². The smallest absolute Gasteiger partial charge is 0.224 e. The third-order valence-electron chi connectivity index (χ3n) is 2.97. The predicted octanol–water partition coefficient (Wildman–Crippen LogP) is 3.18. The summed E-state index contributed by atoms with van der Waals surface area (Å²) in [7, 11) is 0. The van der Waals surface area contributed by atoms with Gasteiger partial charge in [0.25, 0.3) is 0 Å². The van der Waals surface area contributed by atoms with Gasteiger partial charge in [-0.3, -0.25) is 0 Å². The van der Waals surface area contributed by atoms with Gasteiger partial charge >= 0.3 is 0 Å². The summed E-state index contributed by atoms with van der Waals surface area (Å²) in [6.07, 6.45) is 2.12. The molecule has 1 aromatic rings. The molecule has 0 aliphatic carbocycles. The highest BCUT2D eigenvalue weighted by atomic mass is 79.9. The summed E-state index contributed by atoms with van der Waals surface area (Å²) in [6, 6.07) is 0.411. The van der Waals surface area contributed by atoms with Gasteiger partial charge in [0, 0.05) is 22.6 Å². The minimum atomic E-state index is 0.411. The van der Waals surface area contributed by atoms with Crippen LogP contribution < -0.4 is 10.2 Å². The molecule has 1 N–H and O–H groups in total. The van der Waals surface area contributed by atoms with Crippen molar-refractivity contribution in [3.05, 3.63) is 15.7 Å². The summed E-state index contributed by atoms with van der Waals surface area (Å²) in [4.78, 5) is 11.4. The molecule has 0 spiro atoms. The van der Waals surface area contributed by atoms with Crippen LogP contribution in [0.1, 0.15) is 32.0 Å². The van der Waals surface area contributed by atoms with E-state index in [0.717, 1.165) is 30.2 Å². The molecule has 18 heavy (non-hydrogen) atoms. The van der Waals surface area contributed by atoms with Gasteiger partial charge in [0.05, 0.1) is 12.2 Å². The molecule has 0 bridgehead atoms. The van der Waals surface area contributed by atoms with Crippen LogP contribution in [0, 0.1) is 6.92 Å². The Kier molecular flexibility index (Phi) is 3.90. The molecular formula is C13H19BrN4. The summed E-state index contributed by atoms with van der Waals surface area (Å²) in [5, 5.41) is 3.19.